The second-order valence-electron chi connectivity index (χ2n) is 4.36. The molecule has 0 aliphatic rings. The first-order chi connectivity index (χ1) is 9.27. The lowest BCUT2D eigenvalue weighted by Gasteiger charge is -2.20. The molecule has 1 N–H and O–H groups in total. The minimum atomic E-state index is 0.139. The topological polar surface area (TPSA) is 42.7 Å². The second-order valence-corrected chi connectivity index (χ2v) is 5.22. The van der Waals surface area contributed by atoms with E-state index in [-0.39, 0.29) is 6.04 Å². The fraction of sp³-hybridized carbons (Fsp3) is 0.429. The van der Waals surface area contributed by atoms with Gasteiger partial charge in [0.1, 0.15) is 0 Å². The number of hydrogen-bond acceptors (Lipinski definition) is 3. The van der Waals surface area contributed by atoms with Gasteiger partial charge in [-0.05, 0) is 53.5 Å². The lowest BCUT2D eigenvalue weighted by atomic mass is 10.0. The van der Waals surface area contributed by atoms with Gasteiger partial charge >= 0.3 is 0 Å². The molecule has 0 aromatic carbocycles. The Labute approximate surface area is 122 Å². The monoisotopic (exact) mass is 322 g/mol. The van der Waals surface area contributed by atoms with Crippen molar-refractivity contribution in [2.75, 3.05) is 6.54 Å². The Balaban J connectivity index is 2.40. The van der Waals surface area contributed by atoms with E-state index in [1.807, 2.05) is 35.4 Å². The Morgan fingerprint density at radius 3 is 2.68 bits per heavy atom. The lowest BCUT2D eigenvalue weighted by molar-refractivity contribution is 0.528. The molecule has 1 atom stereocenters. The zero-order valence-corrected chi connectivity index (χ0v) is 12.9. The molecule has 0 saturated heterocycles. The standard InChI is InChI=1S/C14H19BrN4/c1-3-7-17-13(11-5-8-16-9-6-11)14-12(15)10-18-19(14)4-2/h5-6,8-10,13,17H,3-4,7H2,1-2H3. The average Bonchev–Trinajstić information content (AvgIpc) is 2.82. The molecule has 2 aromatic rings. The largest absolute Gasteiger partial charge is 0.305 e. The van der Waals surface area contributed by atoms with Gasteiger partial charge in [0.25, 0.3) is 0 Å². The Kier molecular flexibility index (Phi) is 5.10. The summed E-state index contributed by atoms with van der Waals surface area (Å²) >= 11 is 3.61. The molecule has 0 saturated carbocycles. The maximum atomic E-state index is 4.40. The average molecular weight is 323 g/mol. The van der Waals surface area contributed by atoms with E-state index in [9.17, 15) is 0 Å². The predicted octanol–water partition coefficient (Wildman–Crippen LogP) is 3.15. The van der Waals surface area contributed by atoms with Gasteiger partial charge in [0.05, 0.1) is 22.4 Å². The minimum absolute atomic E-state index is 0.139. The number of aryl methyl sites for hydroxylation is 1. The summed E-state index contributed by atoms with van der Waals surface area (Å²) in [4.78, 5) is 4.09. The fourth-order valence-electron chi connectivity index (χ4n) is 2.13. The molecular weight excluding hydrogens is 304 g/mol. The molecular formula is C14H19BrN4. The Morgan fingerprint density at radius 1 is 1.32 bits per heavy atom. The fourth-order valence-corrected chi connectivity index (χ4v) is 2.65. The van der Waals surface area contributed by atoms with E-state index in [1.54, 1.807) is 0 Å². The quantitative estimate of drug-likeness (QED) is 0.888. The number of nitrogens with zero attached hydrogens (tertiary/aromatic N) is 3. The van der Waals surface area contributed by atoms with E-state index in [4.69, 9.17) is 0 Å². The molecule has 0 spiro atoms. The van der Waals surface area contributed by atoms with Gasteiger partial charge < -0.3 is 5.32 Å². The van der Waals surface area contributed by atoms with E-state index in [2.05, 4.69) is 45.2 Å². The lowest BCUT2D eigenvalue weighted by Crippen LogP contribution is -2.26. The summed E-state index contributed by atoms with van der Waals surface area (Å²) in [7, 11) is 0. The summed E-state index contributed by atoms with van der Waals surface area (Å²) in [6, 6.07) is 4.24. The van der Waals surface area contributed by atoms with Crippen molar-refractivity contribution in [2.45, 2.75) is 32.9 Å². The zero-order valence-electron chi connectivity index (χ0n) is 11.3. The van der Waals surface area contributed by atoms with Crippen LogP contribution in [0.3, 0.4) is 0 Å². The van der Waals surface area contributed by atoms with E-state index in [0.717, 1.165) is 24.0 Å². The van der Waals surface area contributed by atoms with Crippen LogP contribution < -0.4 is 5.32 Å². The molecule has 19 heavy (non-hydrogen) atoms. The summed E-state index contributed by atoms with van der Waals surface area (Å²) in [5.41, 5.74) is 2.38. The van der Waals surface area contributed by atoms with Gasteiger partial charge in [-0.3, -0.25) is 9.67 Å². The van der Waals surface area contributed by atoms with Gasteiger partial charge in [0, 0.05) is 18.9 Å². The number of rotatable bonds is 6. The molecule has 2 heterocycles. The van der Waals surface area contributed by atoms with Crippen LogP contribution in [0.25, 0.3) is 0 Å². The van der Waals surface area contributed by atoms with Crippen LogP contribution in [-0.2, 0) is 6.54 Å². The van der Waals surface area contributed by atoms with Gasteiger partial charge in [-0.2, -0.15) is 5.10 Å². The third-order valence-electron chi connectivity index (χ3n) is 3.04. The van der Waals surface area contributed by atoms with Crippen molar-refractivity contribution in [2.24, 2.45) is 0 Å². The first-order valence-corrected chi connectivity index (χ1v) is 7.41. The van der Waals surface area contributed by atoms with Crippen LogP contribution >= 0.6 is 15.9 Å². The predicted molar refractivity (Wildman–Crippen MR) is 80.0 cm³/mol. The van der Waals surface area contributed by atoms with Gasteiger partial charge in [-0.25, -0.2) is 0 Å². The van der Waals surface area contributed by atoms with Gasteiger partial charge in [0.2, 0.25) is 0 Å². The molecule has 2 rings (SSSR count). The molecule has 4 nitrogen and oxygen atoms in total. The molecule has 0 amide bonds. The number of pyridine rings is 1. The van der Waals surface area contributed by atoms with Gasteiger partial charge in [-0.1, -0.05) is 6.92 Å². The van der Waals surface area contributed by atoms with Crippen molar-refractivity contribution in [1.82, 2.24) is 20.1 Å². The van der Waals surface area contributed by atoms with Crippen LogP contribution in [0.1, 0.15) is 37.6 Å². The summed E-state index contributed by atoms with van der Waals surface area (Å²) in [5, 5.41) is 7.99. The van der Waals surface area contributed by atoms with Gasteiger partial charge in [-0.15, -0.1) is 0 Å². The van der Waals surface area contributed by atoms with Crippen LogP contribution in [-0.4, -0.2) is 21.3 Å². The van der Waals surface area contributed by atoms with Crippen molar-refractivity contribution in [1.29, 1.82) is 0 Å². The Bertz CT molecular complexity index is 509. The molecule has 5 heteroatoms. The third-order valence-corrected chi connectivity index (χ3v) is 3.66. The number of aromatic nitrogens is 3. The second kappa shape index (κ2) is 6.82. The molecule has 2 aromatic heterocycles. The van der Waals surface area contributed by atoms with Crippen molar-refractivity contribution >= 4 is 15.9 Å². The Morgan fingerprint density at radius 2 is 2.05 bits per heavy atom. The minimum Gasteiger partial charge on any atom is -0.305 e. The van der Waals surface area contributed by atoms with Crippen LogP contribution in [0.4, 0.5) is 0 Å². The van der Waals surface area contributed by atoms with Crippen LogP contribution in [0, 0.1) is 0 Å². The highest BCUT2D eigenvalue weighted by atomic mass is 79.9. The van der Waals surface area contributed by atoms with Gasteiger partial charge in [0.15, 0.2) is 0 Å². The van der Waals surface area contributed by atoms with E-state index in [1.165, 1.54) is 11.3 Å². The molecule has 0 aliphatic heterocycles. The summed E-state index contributed by atoms with van der Waals surface area (Å²) in [6.45, 7) is 6.10. The van der Waals surface area contributed by atoms with E-state index >= 15 is 0 Å². The number of halogens is 1. The first kappa shape index (κ1) is 14.2. The molecule has 0 radical (unpaired) electrons. The number of nitrogens with one attached hydrogen (secondary N) is 1. The van der Waals surface area contributed by atoms with Crippen LogP contribution in [0.5, 0.6) is 0 Å². The molecule has 0 aliphatic carbocycles. The number of hydrogen-bond donors (Lipinski definition) is 1. The maximum Gasteiger partial charge on any atom is 0.0760 e. The third kappa shape index (κ3) is 3.22. The maximum absolute atomic E-state index is 4.40. The SMILES string of the molecule is CCCNC(c1ccncc1)c1c(Br)cnn1CC. The summed E-state index contributed by atoms with van der Waals surface area (Å²) in [5.74, 6) is 0. The highest BCUT2D eigenvalue weighted by Gasteiger charge is 2.20. The van der Waals surface area contributed by atoms with E-state index in [0.29, 0.717) is 0 Å². The highest BCUT2D eigenvalue weighted by molar-refractivity contribution is 9.10. The first-order valence-electron chi connectivity index (χ1n) is 6.62. The molecule has 1 unspecified atom stereocenters. The normalized spacial score (nSPS) is 12.6. The van der Waals surface area contributed by atoms with Crippen molar-refractivity contribution in [3.8, 4) is 0 Å². The smallest absolute Gasteiger partial charge is 0.0760 e. The van der Waals surface area contributed by atoms with Crippen LogP contribution in [0.2, 0.25) is 0 Å². The van der Waals surface area contributed by atoms with Crippen LogP contribution in [0.15, 0.2) is 35.2 Å². The zero-order chi connectivity index (χ0) is 13.7. The summed E-state index contributed by atoms with van der Waals surface area (Å²) in [6.07, 6.45) is 6.62. The molecule has 0 fully saturated rings. The molecule has 0 bridgehead atoms. The van der Waals surface area contributed by atoms with Crippen molar-refractivity contribution < 1.29 is 0 Å². The highest BCUT2D eigenvalue weighted by Crippen LogP contribution is 2.28. The van der Waals surface area contributed by atoms with E-state index < -0.39 is 0 Å². The Hall–Kier alpha value is -1.20. The summed E-state index contributed by atoms with van der Waals surface area (Å²) < 4.78 is 3.07. The van der Waals surface area contributed by atoms with Crippen molar-refractivity contribution in [3.05, 3.63) is 46.5 Å². The van der Waals surface area contributed by atoms with Crippen molar-refractivity contribution in [3.63, 3.8) is 0 Å². The molecule has 102 valence electrons.